The maximum absolute atomic E-state index is 5.17. The molecule has 0 N–H and O–H groups in total. The van der Waals surface area contributed by atoms with E-state index in [1.807, 2.05) is 7.05 Å². The summed E-state index contributed by atoms with van der Waals surface area (Å²) < 4.78 is 6.82. The highest BCUT2D eigenvalue weighted by Crippen LogP contribution is 2.26. The van der Waals surface area contributed by atoms with E-state index in [1.165, 1.54) is 37.9 Å². The topological polar surface area (TPSA) is 43.2 Å². The van der Waals surface area contributed by atoms with Gasteiger partial charge >= 0.3 is 6.01 Å². The van der Waals surface area contributed by atoms with E-state index in [9.17, 15) is 0 Å². The van der Waals surface area contributed by atoms with E-state index in [0.717, 1.165) is 5.56 Å². The van der Waals surface area contributed by atoms with Crippen LogP contribution in [0.5, 0.6) is 6.01 Å². The molecule has 1 aromatic heterocycles. The largest absolute Gasteiger partial charge is 0.467 e. The molecule has 2 heterocycles. The van der Waals surface area contributed by atoms with Crippen molar-refractivity contribution in [2.24, 2.45) is 7.05 Å². The molecular weight excluding hydrogens is 276 g/mol. The van der Waals surface area contributed by atoms with Crippen molar-refractivity contribution >= 4 is 0 Å². The minimum atomic E-state index is 0.473. The van der Waals surface area contributed by atoms with Crippen LogP contribution in [0.2, 0.25) is 0 Å². The third-order valence-electron chi connectivity index (χ3n) is 4.50. The number of benzene rings is 1. The van der Waals surface area contributed by atoms with Crippen LogP contribution >= 0.6 is 0 Å². The van der Waals surface area contributed by atoms with Crippen LogP contribution in [-0.4, -0.2) is 39.9 Å². The van der Waals surface area contributed by atoms with Gasteiger partial charge in [0, 0.05) is 18.7 Å². The van der Waals surface area contributed by atoms with Gasteiger partial charge in [-0.25, -0.2) is 4.68 Å². The van der Waals surface area contributed by atoms with Crippen molar-refractivity contribution in [3.05, 3.63) is 29.8 Å². The third-order valence-corrected chi connectivity index (χ3v) is 4.50. The molecule has 0 amide bonds. The van der Waals surface area contributed by atoms with Crippen molar-refractivity contribution in [1.82, 2.24) is 19.7 Å². The molecule has 0 bridgehead atoms. The van der Waals surface area contributed by atoms with E-state index in [-0.39, 0.29) is 0 Å². The molecule has 1 aliphatic heterocycles. The molecule has 0 aliphatic carbocycles. The molecule has 5 nitrogen and oxygen atoms in total. The summed E-state index contributed by atoms with van der Waals surface area (Å²) in [4.78, 5) is 6.95. The van der Waals surface area contributed by atoms with Crippen LogP contribution in [0.3, 0.4) is 0 Å². The van der Waals surface area contributed by atoms with Crippen molar-refractivity contribution in [2.45, 2.75) is 32.2 Å². The fourth-order valence-electron chi connectivity index (χ4n) is 3.10. The molecule has 0 spiro atoms. The first-order valence-electron chi connectivity index (χ1n) is 7.98. The predicted octanol–water partition coefficient (Wildman–Crippen LogP) is 3.04. The number of hydrogen-bond donors (Lipinski definition) is 0. The van der Waals surface area contributed by atoms with Gasteiger partial charge in [0.05, 0.1) is 7.11 Å². The third kappa shape index (κ3) is 2.99. The van der Waals surface area contributed by atoms with Crippen molar-refractivity contribution in [1.29, 1.82) is 0 Å². The summed E-state index contributed by atoms with van der Waals surface area (Å²) >= 11 is 0. The van der Waals surface area contributed by atoms with Gasteiger partial charge in [-0.05, 0) is 38.4 Å². The van der Waals surface area contributed by atoms with Gasteiger partial charge < -0.3 is 4.74 Å². The van der Waals surface area contributed by atoms with Crippen molar-refractivity contribution in [3.63, 3.8) is 0 Å². The summed E-state index contributed by atoms with van der Waals surface area (Å²) in [6, 6.07) is 9.59. The maximum atomic E-state index is 5.17. The molecule has 118 valence electrons. The summed E-state index contributed by atoms with van der Waals surface area (Å²) in [6.45, 7) is 4.71. The monoisotopic (exact) mass is 300 g/mol. The molecule has 1 aromatic carbocycles. The molecule has 1 fully saturated rings. The highest BCUT2D eigenvalue weighted by Gasteiger charge is 2.18. The lowest BCUT2D eigenvalue weighted by molar-refractivity contribution is 0.175. The number of methoxy groups -OCH3 is 1. The highest BCUT2D eigenvalue weighted by molar-refractivity contribution is 5.55. The van der Waals surface area contributed by atoms with Crippen molar-refractivity contribution in [3.8, 4) is 17.4 Å². The highest BCUT2D eigenvalue weighted by atomic mass is 16.5. The quantitative estimate of drug-likeness (QED) is 0.870. The van der Waals surface area contributed by atoms with E-state index < -0.39 is 0 Å². The Morgan fingerprint density at radius 1 is 1.09 bits per heavy atom. The average molecular weight is 300 g/mol. The Labute approximate surface area is 131 Å². The van der Waals surface area contributed by atoms with Gasteiger partial charge in [0.2, 0.25) is 0 Å². The Hall–Kier alpha value is -1.88. The van der Waals surface area contributed by atoms with E-state index >= 15 is 0 Å². The smallest absolute Gasteiger partial charge is 0.314 e. The molecule has 1 aliphatic rings. The van der Waals surface area contributed by atoms with Gasteiger partial charge in [-0.15, -0.1) is 5.10 Å². The first-order chi connectivity index (χ1) is 10.7. The van der Waals surface area contributed by atoms with Gasteiger partial charge in [-0.2, -0.15) is 4.98 Å². The van der Waals surface area contributed by atoms with E-state index in [2.05, 4.69) is 46.2 Å². The number of nitrogens with zero attached hydrogens (tertiary/aromatic N) is 4. The Morgan fingerprint density at radius 3 is 2.36 bits per heavy atom. The first-order valence-corrected chi connectivity index (χ1v) is 7.98. The molecule has 0 radical (unpaired) electrons. The zero-order valence-corrected chi connectivity index (χ0v) is 13.6. The number of likely N-dealkylation sites (tertiary alicyclic amines) is 1. The number of rotatable bonds is 4. The van der Waals surface area contributed by atoms with Crippen molar-refractivity contribution < 1.29 is 4.74 Å². The molecule has 0 unspecified atom stereocenters. The van der Waals surface area contributed by atoms with Gasteiger partial charge in [-0.3, -0.25) is 4.90 Å². The van der Waals surface area contributed by atoms with Crippen LogP contribution in [-0.2, 0) is 7.05 Å². The maximum Gasteiger partial charge on any atom is 0.314 e. The van der Waals surface area contributed by atoms with Crippen LogP contribution in [0.15, 0.2) is 24.3 Å². The first kappa shape index (κ1) is 15.0. The number of ether oxygens (including phenoxy) is 1. The minimum absolute atomic E-state index is 0.473. The average Bonchev–Trinajstić information content (AvgIpc) is 2.96. The van der Waals surface area contributed by atoms with Crippen molar-refractivity contribution in [2.75, 3.05) is 20.2 Å². The standard InChI is InChI=1S/C17H24N4O/c1-13(21-11-5-4-6-12-21)14-7-9-15(10-8-14)16-18-17(22-3)20(2)19-16/h7-10,13H,4-6,11-12H2,1-3H3/t13-/m1/s1. The number of aromatic nitrogens is 3. The Balaban J connectivity index is 1.76. The zero-order valence-electron chi connectivity index (χ0n) is 13.6. The van der Waals surface area contributed by atoms with Gasteiger partial charge in [0.25, 0.3) is 0 Å². The molecule has 1 atom stereocenters. The second-order valence-corrected chi connectivity index (χ2v) is 5.94. The summed E-state index contributed by atoms with van der Waals surface area (Å²) in [5.41, 5.74) is 2.38. The fraction of sp³-hybridized carbons (Fsp3) is 0.529. The van der Waals surface area contributed by atoms with Crippen LogP contribution < -0.4 is 4.74 Å². The molecular formula is C17H24N4O. The van der Waals surface area contributed by atoms with E-state index in [0.29, 0.717) is 17.9 Å². The van der Waals surface area contributed by atoms with E-state index in [1.54, 1.807) is 11.8 Å². The number of hydrogen-bond acceptors (Lipinski definition) is 4. The Bertz CT molecular complexity index is 614. The molecule has 0 saturated carbocycles. The Kier molecular flexibility index (Phi) is 4.43. The number of aryl methyl sites for hydroxylation is 1. The van der Waals surface area contributed by atoms with Crippen LogP contribution in [0.1, 0.15) is 37.8 Å². The lowest BCUT2D eigenvalue weighted by atomic mass is 10.0. The molecule has 3 rings (SSSR count). The summed E-state index contributed by atoms with van der Waals surface area (Å²) in [5, 5.41) is 4.39. The summed E-state index contributed by atoms with van der Waals surface area (Å²) in [7, 11) is 3.44. The predicted molar refractivity (Wildman–Crippen MR) is 86.8 cm³/mol. The van der Waals surface area contributed by atoms with Crippen LogP contribution in [0.4, 0.5) is 0 Å². The molecule has 2 aromatic rings. The minimum Gasteiger partial charge on any atom is -0.467 e. The normalized spacial score (nSPS) is 17.4. The zero-order chi connectivity index (χ0) is 15.5. The van der Waals surface area contributed by atoms with Crippen LogP contribution in [0, 0.1) is 0 Å². The van der Waals surface area contributed by atoms with E-state index in [4.69, 9.17) is 4.74 Å². The second-order valence-electron chi connectivity index (χ2n) is 5.94. The molecule has 5 heteroatoms. The SMILES string of the molecule is COc1nc(-c2ccc([C@@H](C)N3CCCCC3)cc2)nn1C. The van der Waals surface area contributed by atoms with Gasteiger partial charge in [-0.1, -0.05) is 30.7 Å². The van der Waals surface area contributed by atoms with Gasteiger partial charge in [0.15, 0.2) is 5.82 Å². The van der Waals surface area contributed by atoms with Crippen LogP contribution in [0.25, 0.3) is 11.4 Å². The summed E-state index contributed by atoms with van der Waals surface area (Å²) in [6.07, 6.45) is 4.01. The summed E-state index contributed by atoms with van der Waals surface area (Å²) in [5.74, 6) is 0.705. The molecule has 1 saturated heterocycles. The molecule has 22 heavy (non-hydrogen) atoms. The fourth-order valence-corrected chi connectivity index (χ4v) is 3.10. The number of piperidine rings is 1. The lowest BCUT2D eigenvalue weighted by Crippen LogP contribution is -2.32. The Morgan fingerprint density at radius 2 is 1.77 bits per heavy atom. The lowest BCUT2D eigenvalue weighted by Gasteiger charge is -2.32. The second kappa shape index (κ2) is 6.48. The van der Waals surface area contributed by atoms with Gasteiger partial charge in [0.1, 0.15) is 0 Å².